The van der Waals surface area contributed by atoms with Crippen LogP contribution < -0.4 is 5.32 Å². The molecule has 2 N–H and O–H groups in total. The molecule has 0 radical (unpaired) electrons. The van der Waals surface area contributed by atoms with E-state index in [1.807, 2.05) is 6.20 Å². The van der Waals surface area contributed by atoms with Crippen LogP contribution in [0, 0.1) is 5.92 Å². The molecule has 2 aliphatic rings. The predicted molar refractivity (Wildman–Crippen MR) is 100 cm³/mol. The number of nitrogens with zero attached hydrogens (tertiary/aromatic N) is 2. The van der Waals surface area contributed by atoms with Crippen molar-refractivity contribution in [2.45, 2.75) is 51.1 Å². The number of H-pyrrole nitrogens is 1. The smallest absolute Gasteiger partial charge is 0.224 e. The summed E-state index contributed by atoms with van der Waals surface area (Å²) in [7, 11) is 0. The first-order valence-electron chi connectivity index (χ1n) is 9.41. The Kier molecular flexibility index (Phi) is 5.17. The fourth-order valence-corrected chi connectivity index (χ4v) is 5.04. The van der Waals surface area contributed by atoms with E-state index in [2.05, 4.69) is 37.9 Å². The second-order valence-electron chi connectivity index (χ2n) is 7.17. The maximum absolute atomic E-state index is 12.6. The summed E-state index contributed by atoms with van der Waals surface area (Å²) < 4.78 is 0. The van der Waals surface area contributed by atoms with Crippen molar-refractivity contribution in [2.75, 3.05) is 13.1 Å². The number of rotatable bonds is 3. The van der Waals surface area contributed by atoms with E-state index in [4.69, 9.17) is 0 Å². The van der Waals surface area contributed by atoms with E-state index in [0.29, 0.717) is 6.04 Å². The molecule has 2 aromatic rings. The number of nitrogens with one attached hydrogen (secondary N) is 2. The Bertz CT molecular complexity index is 696. The molecule has 2 aromatic heterocycles. The van der Waals surface area contributed by atoms with Gasteiger partial charge in [0.05, 0.1) is 22.7 Å². The van der Waals surface area contributed by atoms with Crippen molar-refractivity contribution in [1.29, 1.82) is 0 Å². The van der Waals surface area contributed by atoms with E-state index in [1.54, 1.807) is 11.3 Å². The van der Waals surface area contributed by atoms with Crippen molar-refractivity contribution >= 4 is 17.2 Å². The number of thiophene rings is 1. The van der Waals surface area contributed by atoms with Gasteiger partial charge >= 0.3 is 0 Å². The van der Waals surface area contributed by atoms with Gasteiger partial charge in [-0.15, -0.1) is 11.3 Å². The van der Waals surface area contributed by atoms with E-state index in [-0.39, 0.29) is 11.8 Å². The van der Waals surface area contributed by atoms with Crippen molar-refractivity contribution in [3.8, 4) is 10.6 Å². The Labute approximate surface area is 152 Å². The molecule has 1 aliphatic carbocycles. The van der Waals surface area contributed by atoms with Crippen LogP contribution in [0.3, 0.4) is 0 Å². The Morgan fingerprint density at radius 3 is 3.08 bits per heavy atom. The van der Waals surface area contributed by atoms with Gasteiger partial charge in [0, 0.05) is 24.7 Å². The first-order valence-corrected chi connectivity index (χ1v) is 10.3. The van der Waals surface area contributed by atoms with Gasteiger partial charge in [-0.25, -0.2) is 0 Å². The molecule has 0 bridgehead atoms. The number of carbonyl (C=O) groups excluding carboxylic acids is 1. The Balaban J connectivity index is 1.57. The van der Waals surface area contributed by atoms with E-state index in [9.17, 15) is 4.79 Å². The summed E-state index contributed by atoms with van der Waals surface area (Å²) in [5.41, 5.74) is 2.37. The molecular formula is C19H26N4OS. The Hall–Kier alpha value is -1.66. The number of amides is 1. The quantitative estimate of drug-likeness (QED) is 0.884. The maximum Gasteiger partial charge on any atom is 0.224 e. The van der Waals surface area contributed by atoms with E-state index < -0.39 is 0 Å². The van der Waals surface area contributed by atoms with Crippen LogP contribution in [0.1, 0.15) is 44.1 Å². The summed E-state index contributed by atoms with van der Waals surface area (Å²) in [4.78, 5) is 16.3. The molecule has 1 amide bonds. The second kappa shape index (κ2) is 7.70. The molecule has 5 nitrogen and oxygen atoms in total. The average Bonchev–Trinajstić information content (AvgIpc) is 3.36. The van der Waals surface area contributed by atoms with Crippen molar-refractivity contribution in [2.24, 2.45) is 5.92 Å². The van der Waals surface area contributed by atoms with Gasteiger partial charge in [-0.3, -0.25) is 14.8 Å². The minimum Gasteiger partial charge on any atom is -0.356 e. The molecule has 0 spiro atoms. The fourth-order valence-electron chi connectivity index (χ4n) is 4.29. The summed E-state index contributed by atoms with van der Waals surface area (Å²) >= 11 is 1.74. The molecule has 0 aromatic carbocycles. The molecule has 1 saturated heterocycles. The van der Waals surface area contributed by atoms with Crippen molar-refractivity contribution in [1.82, 2.24) is 20.4 Å². The number of hydrogen-bond donors (Lipinski definition) is 2. The highest BCUT2D eigenvalue weighted by Gasteiger charge is 2.37. The maximum atomic E-state index is 12.6. The lowest BCUT2D eigenvalue weighted by Gasteiger charge is -2.33. The van der Waals surface area contributed by atoms with Gasteiger partial charge in [-0.1, -0.05) is 18.9 Å². The first kappa shape index (κ1) is 16.8. The summed E-state index contributed by atoms with van der Waals surface area (Å²) in [5, 5.41) is 12.7. The van der Waals surface area contributed by atoms with E-state index >= 15 is 0 Å². The molecule has 6 heteroatoms. The van der Waals surface area contributed by atoms with Crippen LogP contribution in [0.4, 0.5) is 0 Å². The van der Waals surface area contributed by atoms with Gasteiger partial charge in [0.15, 0.2) is 0 Å². The van der Waals surface area contributed by atoms with Gasteiger partial charge in [-0.2, -0.15) is 5.10 Å². The standard InChI is InChI=1S/C19H26N4OS/c24-19-15-6-4-7-16(15)23(10-3-1-2-9-20-19)13-14-12-21-22-18(14)17-8-5-11-25-17/h5,8,11-12,15-16H,1-4,6-7,9-10,13H2,(H,20,24)(H,21,22)/t15-,16+/m1/s1. The third-order valence-corrected chi connectivity index (χ3v) is 6.45. The zero-order valence-electron chi connectivity index (χ0n) is 14.5. The number of aromatic nitrogens is 2. The van der Waals surface area contributed by atoms with Crippen LogP contribution in [-0.2, 0) is 11.3 Å². The molecule has 1 aliphatic heterocycles. The van der Waals surface area contributed by atoms with Gasteiger partial charge in [0.2, 0.25) is 5.91 Å². The normalized spacial score (nSPS) is 25.5. The lowest BCUT2D eigenvalue weighted by Crippen LogP contribution is -2.45. The predicted octanol–water partition coefficient (Wildman–Crippen LogP) is 3.41. The number of carbonyl (C=O) groups is 1. The molecule has 25 heavy (non-hydrogen) atoms. The molecule has 2 fully saturated rings. The molecule has 134 valence electrons. The summed E-state index contributed by atoms with van der Waals surface area (Å²) in [6.07, 6.45) is 8.73. The highest BCUT2D eigenvalue weighted by atomic mass is 32.1. The van der Waals surface area contributed by atoms with Crippen molar-refractivity contribution < 1.29 is 4.79 Å². The lowest BCUT2D eigenvalue weighted by molar-refractivity contribution is -0.126. The third kappa shape index (κ3) is 3.65. The van der Waals surface area contributed by atoms with Crippen LogP contribution in [0.25, 0.3) is 10.6 Å². The first-order chi connectivity index (χ1) is 12.3. The van der Waals surface area contributed by atoms with Gasteiger partial charge < -0.3 is 5.32 Å². The third-order valence-electron chi connectivity index (χ3n) is 5.57. The number of fused-ring (bicyclic) bond motifs is 1. The molecule has 1 saturated carbocycles. The van der Waals surface area contributed by atoms with E-state index in [1.165, 1.54) is 23.3 Å². The van der Waals surface area contributed by atoms with Crippen molar-refractivity contribution in [3.63, 3.8) is 0 Å². The topological polar surface area (TPSA) is 61.0 Å². The number of aromatic amines is 1. The highest BCUT2D eigenvalue weighted by molar-refractivity contribution is 7.13. The van der Waals surface area contributed by atoms with Crippen LogP contribution >= 0.6 is 11.3 Å². The van der Waals surface area contributed by atoms with Gasteiger partial charge in [0.25, 0.3) is 0 Å². The molecule has 0 unspecified atom stereocenters. The SMILES string of the molecule is O=C1NCCCCCN(Cc2cn[nH]c2-c2cccs2)[C@H]2CCC[C@@H]12. The van der Waals surface area contributed by atoms with Crippen LogP contribution in [-0.4, -0.2) is 40.1 Å². The van der Waals surface area contributed by atoms with E-state index in [0.717, 1.165) is 51.0 Å². The van der Waals surface area contributed by atoms with Crippen LogP contribution in [0.15, 0.2) is 23.7 Å². The summed E-state index contributed by atoms with van der Waals surface area (Å²) in [6.45, 7) is 2.79. The molecular weight excluding hydrogens is 332 g/mol. The van der Waals surface area contributed by atoms with Crippen LogP contribution in [0.2, 0.25) is 0 Å². The zero-order valence-corrected chi connectivity index (χ0v) is 15.4. The molecule has 2 atom stereocenters. The number of hydrogen-bond acceptors (Lipinski definition) is 4. The highest BCUT2D eigenvalue weighted by Crippen LogP contribution is 2.33. The van der Waals surface area contributed by atoms with Crippen molar-refractivity contribution in [3.05, 3.63) is 29.3 Å². The zero-order chi connectivity index (χ0) is 17.1. The molecule has 3 heterocycles. The second-order valence-corrected chi connectivity index (χ2v) is 8.12. The summed E-state index contributed by atoms with van der Waals surface area (Å²) in [6, 6.07) is 4.58. The minimum absolute atomic E-state index is 0.148. The minimum atomic E-state index is 0.148. The van der Waals surface area contributed by atoms with Gasteiger partial charge in [-0.05, 0) is 43.7 Å². The Morgan fingerprint density at radius 1 is 1.24 bits per heavy atom. The van der Waals surface area contributed by atoms with Gasteiger partial charge in [0.1, 0.15) is 0 Å². The monoisotopic (exact) mass is 358 g/mol. The molecule has 4 rings (SSSR count). The Morgan fingerprint density at radius 2 is 2.20 bits per heavy atom. The fraction of sp³-hybridized carbons (Fsp3) is 0.579. The lowest BCUT2D eigenvalue weighted by atomic mass is 9.98. The largest absolute Gasteiger partial charge is 0.356 e. The summed E-state index contributed by atoms with van der Waals surface area (Å²) in [5.74, 6) is 0.412. The van der Waals surface area contributed by atoms with Crippen LogP contribution in [0.5, 0.6) is 0 Å². The average molecular weight is 359 g/mol.